The second-order valence-corrected chi connectivity index (χ2v) is 6.09. The Hall–Kier alpha value is -0.260. The third-order valence-corrected chi connectivity index (χ3v) is 5.04. The lowest BCUT2D eigenvalue weighted by molar-refractivity contribution is -0.139. The van der Waals surface area contributed by atoms with Crippen LogP contribution in [-0.4, -0.2) is 52.3 Å². The van der Waals surface area contributed by atoms with Crippen molar-refractivity contribution in [3.8, 4) is 0 Å². The number of hydrogen-bond donors (Lipinski definition) is 2. The second kappa shape index (κ2) is 4.94. The van der Waals surface area contributed by atoms with Gasteiger partial charge in [0.25, 0.3) is 0 Å². The first-order chi connectivity index (χ1) is 7.65. The Morgan fingerprint density at radius 2 is 2.25 bits per heavy atom. The molecule has 2 rings (SSSR count). The van der Waals surface area contributed by atoms with Gasteiger partial charge in [0.05, 0.1) is 4.87 Å². The lowest BCUT2D eigenvalue weighted by Gasteiger charge is -2.39. The van der Waals surface area contributed by atoms with Gasteiger partial charge in [-0.2, -0.15) is 0 Å². The first-order valence-electron chi connectivity index (χ1n) is 6.02. The summed E-state index contributed by atoms with van der Waals surface area (Å²) < 4.78 is 0. The van der Waals surface area contributed by atoms with Crippen LogP contribution in [-0.2, 0) is 4.79 Å². The van der Waals surface area contributed by atoms with Crippen molar-refractivity contribution in [1.82, 2.24) is 10.2 Å². The standard InChI is InChI=1S/C11H20N2O2S/c1-2-5-13-6-3-11(4-7-13)12-9(8-16-11)10(14)15/h9,12H,2-8H2,1H3,(H,14,15)/t9-/m1/s1. The van der Waals surface area contributed by atoms with Crippen molar-refractivity contribution < 1.29 is 9.90 Å². The molecule has 2 aliphatic heterocycles. The van der Waals surface area contributed by atoms with Crippen LogP contribution >= 0.6 is 11.8 Å². The number of carboxylic acids is 1. The Kier molecular flexibility index (Phi) is 3.77. The molecule has 0 aromatic carbocycles. The number of carboxylic acid groups (broad SMARTS) is 1. The van der Waals surface area contributed by atoms with E-state index < -0.39 is 5.97 Å². The molecular weight excluding hydrogens is 224 g/mol. The predicted molar refractivity (Wildman–Crippen MR) is 65.7 cm³/mol. The van der Waals surface area contributed by atoms with Gasteiger partial charge in [-0.05, 0) is 25.8 Å². The maximum absolute atomic E-state index is 10.9. The first kappa shape index (κ1) is 12.2. The smallest absolute Gasteiger partial charge is 0.321 e. The van der Waals surface area contributed by atoms with Crippen LogP contribution in [0.3, 0.4) is 0 Å². The summed E-state index contributed by atoms with van der Waals surface area (Å²) in [7, 11) is 0. The topological polar surface area (TPSA) is 52.6 Å². The minimum Gasteiger partial charge on any atom is -0.480 e. The monoisotopic (exact) mass is 244 g/mol. The van der Waals surface area contributed by atoms with E-state index in [0.29, 0.717) is 5.75 Å². The number of hydrogen-bond acceptors (Lipinski definition) is 4. The highest BCUT2D eigenvalue weighted by atomic mass is 32.2. The van der Waals surface area contributed by atoms with Gasteiger partial charge in [0.2, 0.25) is 0 Å². The number of nitrogens with one attached hydrogen (secondary N) is 1. The molecule has 0 aromatic heterocycles. The number of nitrogens with zero attached hydrogens (tertiary/aromatic N) is 1. The van der Waals surface area contributed by atoms with Gasteiger partial charge in [-0.1, -0.05) is 6.92 Å². The fourth-order valence-corrected chi connectivity index (χ4v) is 3.93. The molecule has 1 atom stereocenters. The highest BCUT2D eigenvalue weighted by molar-refractivity contribution is 8.01. The van der Waals surface area contributed by atoms with Crippen LogP contribution in [0.2, 0.25) is 0 Å². The van der Waals surface area contributed by atoms with Crippen molar-refractivity contribution in [2.45, 2.75) is 37.1 Å². The van der Waals surface area contributed by atoms with E-state index in [1.54, 1.807) is 11.8 Å². The number of rotatable bonds is 3. The van der Waals surface area contributed by atoms with E-state index in [9.17, 15) is 4.79 Å². The Balaban J connectivity index is 1.86. The number of piperidine rings is 1. The largest absolute Gasteiger partial charge is 0.480 e. The summed E-state index contributed by atoms with van der Waals surface area (Å²) in [5.41, 5.74) is 0. The van der Waals surface area contributed by atoms with Gasteiger partial charge < -0.3 is 10.0 Å². The zero-order valence-corrected chi connectivity index (χ0v) is 10.6. The Morgan fingerprint density at radius 3 is 2.75 bits per heavy atom. The van der Waals surface area contributed by atoms with Crippen molar-refractivity contribution >= 4 is 17.7 Å². The summed E-state index contributed by atoms with van der Waals surface area (Å²) in [6, 6.07) is -0.345. The van der Waals surface area contributed by atoms with E-state index in [-0.39, 0.29) is 10.9 Å². The zero-order chi connectivity index (χ0) is 11.6. The molecule has 2 N–H and O–H groups in total. The highest BCUT2D eigenvalue weighted by Gasteiger charge is 2.43. The van der Waals surface area contributed by atoms with Crippen molar-refractivity contribution in [2.75, 3.05) is 25.4 Å². The molecule has 2 saturated heterocycles. The molecule has 2 fully saturated rings. The van der Waals surface area contributed by atoms with Crippen molar-refractivity contribution in [3.63, 3.8) is 0 Å². The molecule has 2 aliphatic rings. The van der Waals surface area contributed by atoms with Crippen molar-refractivity contribution in [2.24, 2.45) is 0 Å². The lowest BCUT2D eigenvalue weighted by Crippen LogP contribution is -2.51. The third-order valence-electron chi connectivity index (χ3n) is 3.47. The average Bonchev–Trinajstić information content (AvgIpc) is 2.67. The predicted octanol–water partition coefficient (Wildman–Crippen LogP) is 0.978. The molecule has 4 nitrogen and oxygen atoms in total. The molecule has 5 heteroatoms. The fourth-order valence-electron chi connectivity index (χ4n) is 2.52. The van der Waals surface area contributed by atoms with Crippen LogP contribution in [0.15, 0.2) is 0 Å². The van der Waals surface area contributed by atoms with Gasteiger partial charge in [-0.25, -0.2) is 0 Å². The normalized spacial score (nSPS) is 29.7. The number of thioether (sulfide) groups is 1. The Labute approximate surface area is 101 Å². The zero-order valence-electron chi connectivity index (χ0n) is 9.74. The minimum absolute atomic E-state index is 0.0489. The second-order valence-electron chi connectivity index (χ2n) is 4.68. The van der Waals surface area contributed by atoms with Crippen LogP contribution in [0, 0.1) is 0 Å². The van der Waals surface area contributed by atoms with E-state index in [1.165, 1.54) is 13.0 Å². The van der Waals surface area contributed by atoms with Gasteiger partial charge in [0.1, 0.15) is 6.04 Å². The third kappa shape index (κ3) is 2.52. The van der Waals surface area contributed by atoms with E-state index >= 15 is 0 Å². The average molecular weight is 244 g/mol. The van der Waals surface area contributed by atoms with Gasteiger partial charge in [-0.3, -0.25) is 10.1 Å². The fraction of sp³-hybridized carbons (Fsp3) is 0.909. The number of carbonyl (C=O) groups is 1. The molecule has 0 unspecified atom stereocenters. The first-order valence-corrected chi connectivity index (χ1v) is 7.00. The SMILES string of the molecule is CCCN1CCC2(CC1)N[C@@H](C(=O)O)CS2. The molecular formula is C11H20N2O2S. The summed E-state index contributed by atoms with van der Waals surface area (Å²) in [5, 5.41) is 12.3. The number of aliphatic carboxylic acids is 1. The Bertz CT molecular complexity index is 265. The van der Waals surface area contributed by atoms with Gasteiger partial charge in [0, 0.05) is 18.8 Å². The summed E-state index contributed by atoms with van der Waals surface area (Å²) >= 11 is 1.80. The van der Waals surface area contributed by atoms with E-state index in [0.717, 1.165) is 25.9 Å². The molecule has 0 radical (unpaired) electrons. The molecule has 0 amide bonds. The van der Waals surface area contributed by atoms with Crippen LogP contribution < -0.4 is 5.32 Å². The minimum atomic E-state index is -0.708. The van der Waals surface area contributed by atoms with E-state index in [4.69, 9.17) is 5.11 Å². The van der Waals surface area contributed by atoms with Crippen LogP contribution in [0.1, 0.15) is 26.2 Å². The highest BCUT2D eigenvalue weighted by Crippen LogP contribution is 2.39. The summed E-state index contributed by atoms with van der Waals surface area (Å²) in [5.74, 6) is 0.00342. The van der Waals surface area contributed by atoms with Gasteiger partial charge in [0.15, 0.2) is 0 Å². The molecule has 1 spiro atoms. The lowest BCUT2D eigenvalue weighted by atomic mass is 10.0. The summed E-state index contributed by atoms with van der Waals surface area (Å²) in [6.07, 6.45) is 3.34. The van der Waals surface area contributed by atoms with Crippen molar-refractivity contribution in [1.29, 1.82) is 0 Å². The molecule has 2 heterocycles. The molecule has 0 aromatic rings. The molecule has 0 saturated carbocycles. The van der Waals surface area contributed by atoms with Gasteiger partial charge >= 0.3 is 5.97 Å². The van der Waals surface area contributed by atoms with Crippen LogP contribution in [0.4, 0.5) is 0 Å². The molecule has 0 aliphatic carbocycles. The van der Waals surface area contributed by atoms with E-state index in [2.05, 4.69) is 17.1 Å². The maximum atomic E-state index is 10.9. The number of likely N-dealkylation sites (tertiary alicyclic amines) is 1. The van der Waals surface area contributed by atoms with Gasteiger partial charge in [-0.15, -0.1) is 11.8 Å². The maximum Gasteiger partial charge on any atom is 0.321 e. The Morgan fingerprint density at radius 1 is 1.56 bits per heavy atom. The van der Waals surface area contributed by atoms with E-state index in [1.807, 2.05) is 0 Å². The quantitative estimate of drug-likeness (QED) is 0.775. The summed E-state index contributed by atoms with van der Waals surface area (Å²) in [4.78, 5) is 13.4. The van der Waals surface area contributed by atoms with Crippen LogP contribution in [0.5, 0.6) is 0 Å². The molecule has 0 bridgehead atoms. The van der Waals surface area contributed by atoms with Crippen LogP contribution in [0.25, 0.3) is 0 Å². The summed E-state index contributed by atoms with van der Waals surface area (Å²) in [6.45, 7) is 5.57. The molecule has 16 heavy (non-hydrogen) atoms. The van der Waals surface area contributed by atoms with Crippen molar-refractivity contribution in [3.05, 3.63) is 0 Å². The molecule has 92 valence electrons.